The van der Waals surface area contributed by atoms with Gasteiger partial charge in [-0.15, -0.1) is 11.3 Å². The molecule has 0 saturated carbocycles. The molecule has 1 aromatic heterocycles. The molecule has 206 valence electrons. The van der Waals surface area contributed by atoms with Gasteiger partial charge >= 0.3 is 0 Å². The van der Waals surface area contributed by atoms with Crippen molar-refractivity contribution < 1.29 is 0 Å². The zero-order chi connectivity index (χ0) is 29.0. The molecule has 0 atom stereocenters. The Morgan fingerprint density at radius 2 is 0.955 bits per heavy atom. The lowest BCUT2D eigenvalue weighted by Gasteiger charge is -2.30. The van der Waals surface area contributed by atoms with Crippen LogP contribution in [0.2, 0.25) is 0 Å². The van der Waals surface area contributed by atoms with Crippen LogP contribution in [0.25, 0.3) is 63.6 Å². The summed E-state index contributed by atoms with van der Waals surface area (Å²) in [4.78, 5) is 2.49. The molecule has 0 radical (unpaired) electrons. The fraction of sp³-hybridized carbons (Fsp3) is 0. The van der Waals surface area contributed by atoms with Crippen LogP contribution in [0.4, 0.5) is 17.1 Å². The lowest BCUT2D eigenvalue weighted by molar-refractivity contribution is 1.32. The van der Waals surface area contributed by atoms with Crippen molar-refractivity contribution in [3.05, 3.63) is 164 Å². The van der Waals surface area contributed by atoms with Crippen LogP contribution in [0.3, 0.4) is 0 Å². The summed E-state index contributed by atoms with van der Waals surface area (Å²) in [6, 6.07) is 59.8. The van der Waals surface area contributed by atoms with Gasteiger partial charge in [-0.3, -0.25) is 0 Å². The predicted octanol–water partition coefficient (Wildman–Crippen LogP) is 12.7. The van der Waals surface area contributed by atoms with Crippen LogP contribution in [0.15, 0.2) is 164 Å². The van der Waals surface area contributed by atoms with Crippen LogP contribution >= 0.6 is 11.3 Å². The Labute approximate surface area is 259 Å². The van der Waals surface area contributed by atoms with Gasteiger partial charge in [0.1, 0.15) is 0 Å². The predicted molar refractivity (Wildman–Crippen MR) is 192 cm³/mol. The molecule has 8 aromatic carbocycles. The molecule has 0 aliphatic carbocycles. The standard InChI is InChI=1S/C42H27NS/c1-4-16-32-28(12-1)14-11-22-39(32)43(40-26-29-13-2-3-15-31(29)34-18-5-6-19-35(34)40)38-21-9-7-17-33(38)30-24-25-37-36-20-8-10-23-41(36)44-42(37)27-30/h1-27H. The maximum atomic E-state index is 2.49. The van der Waals surface area contributed by atoms with E-state index in [-0.39, 0.29) is 0 Å². The topological polar surface area (TPSA) is 3.24 Å². The maximum Gasteiger partial charge on any atom is 0.0546 e. The zero-order valence-electron chi connectivity index (χ0n) is 23.9. The normalized spacial score (nSPS) is 11.6. The van der Waals surface area contributed by atoms with Crippen molar-refractivity contribution in [2.24, 2.45) is 0 Å². The fourth-order valence-corrected chi connectivity index (χ4v) is 7.96. The first-order valence-electron chi connectivity index (χ1n) is 15.0. The van der Waals surface area contributed by atoms with E-state index >= 15 is 0 Å². The molecule has 9 aromatic rings. The summed E-state index contributed by atoms with van der Waals surface area (Å²) in [7, 11) is 0. The molecule has 0 N–H and O–H groups in total. The third kappa shape index (κ3) is 3.92. The van der Waals surface area contributed by atoms with Crippen molar-refractivity contribution >= 4 is 80.9 Å². The molecule has 0 unspecified atom stereocenters. The van der Waals surface area contributed by atoms with E-state index in [0.29, 0.717) is 0 Å². The van der Waals surface area contributed by atoms with Crippen molar-refractivity contribution in [1.29, 1.82) is 0 Å². The van der Waals surface area contributed by atoms with Gasteiger partial charge in [-0.05, 0) is 57.4 Å². The minimum absolute atomic E-state index is 1.16. The van der Waals surface area contributed by atoms with E-state index in [1.807, 2.05) is 11.3 Å². The van der Waals surface area contributed by atoms with E-state index in [9.17, 15) is 0 Å². The van der Waals surface area contributed by atoms with Crippen molar-refractivity contribution in [2.45, 2.75) is 0 Å². The molecule has 0 aliphatic rings. The first-order valence-corrected chi connectivity index (χ1v) is 15.8. The molecular formula is C42H27NS. The van der Waals surface area contributed by atoms with E-state index in [2.05, 4.69) is 169 Å². The van der Waals surface area contributed by atoms with E-state index in [4.69, 9.17) is 0 Å². The summed E-state index contributed by atoms with van der Waals surface area (Å²) in [6.45, 7) is 0. The summed E-state index contributed by atoms with van der Waals surface area (Å²) in [5, 5.41) is 10.1. The smallest absolute Gasteiger partial charge is 0.0546 e. The second-order valence-corrected chi connectivity index (χ2v) is 12.4. The average molecular weight is 578 g/mol. The molecule has 0 spiro atoms. The monoisotopic (exact) mass is 577 g/mol. The van der Waals surface area contributed by atoms with Gasteiger partial charge < -0.3 is 4.90 Å². The highest BCUT2D eigenvalue weighted by molar-refractivity contribution is 7.25. The van der Waals surface area contributed by atoms with Crippen LogP contribution < -0.4 is 4.90 Å². The first kappa shape index (κ1) is 25.1. The minimum atomic E-state index is 1.16. The molecule has 0 saturated heterocycles. The van der Waals surface area contributed by atoms with E-state index in [1.54, 1.807) is 0 Å². The number of thiophene rings is 1. The number of nitrogens with zero attached hydrogens (tertiary/aromatic N) is 1. The van der Waals surface area contributed by atoms with Crippen LogP contribution in [-0.2, 0) is 0 Å². The van der Waals surface area contributed by atoms with Crippen molar-refractivity contribution in [3.8, 4) is 11.1 Å². The largest absolute Gasteiger partial charge is 0.309 e. The fourth-order valence-electron chi connectivity index (χ4n) is 6.82. The third-order valence-corrected chi connectivity index (χ3v) is 9.96. The highest BCUT2D eigenvalue weighted by Crippen LogP contribution is 2.47. The second-order valence-electron chi connectivity index (χ2n) is 11.3. The molecule has 9 rings (SSSR count). The number of benzene rings is 8. The van der Waals surface area contributed by atoms with Gasteiger partial charge in [-0.2, -0.15) is 0 Å². The molecule has 1 nitrogen and oxygen atoms in total. The Morgan fingerprint density at radius 3 is 1.84 bits per heavy atom. The van der Waals surface area contributed by atoms with Gasteiger partial charge in [0.25, 0.3) is 0 Å². The van der Waals surface area contributed by atoms with E-state index in [1.165, 1.54) is 75.0 Å². The molecule has 0 aliphatic heterocycles. The van der Waals surface area contributed by atoms with Gasteiger partial charge in [-0.1, -0.05) is 133 Å². The quantitative estimate of drug-likeness (QED) is 0.188. The second kappa shape index (κ2) is 10.1. The highest BCUT2D eigenvalue weighted by Gasteiger charge is 2.22. The molecule has 0 bridgehead atoms. The van der Waals surface area contributed by atoms with Crippen molar-refractivity contribution in [2.75, 3.05) is 4.90 Å². The third-order valence-electron chi connectivity index (χ3n) is 8.83. The van der Waals surface area contributed by atoms with Gasteiger partial charge in [0.05, 0.1) is 17.1 Å². The number of fused-ring (bicyclic) bond motifs is 7. The highest BCUT2D eigenvalue weighted by atomic mass is 32.1. The van der Waals surface area contributed by atoms with Crippen LogP contribution in [-0.4, -0.2) is 0 Å². The van der Waals surface area contributed by atoms with Crippen LogP contribution in [0.1, 0.15) is 0 Å². The number of anilines is 3. The van der Waals surface area contributed by atoms with Gasteiger partial charge in [0, 0.05) is 36.5 Å². The molecule has 1 heterocycles. The number of rotatable bonds is 4. The number of hydrogen-bond acceptors (Lipinski definition) is 2. The first-order chi connectivity index (χ1) is 21.8. The molecule has 2 heteroatoms. The summed E-state index contributed by atoms with van der Waals surface area (Å²) < 4.78 is 2.64. The Bertz CT molecular complexity index is 2520. The average Bonchev–Trinajstić information content (AvgIpc) is 3.47. The SMILES string of the molecule is c1ccc(N(c2cccc3ccccc23)c2cc3ccccc3c3ccccc23)c(-c2ccc3c(c2)sc2ccccc23)c1. The van der Waals surface area contributed by atoms with Crippen LogP contribution in [0.5, 0.6) is 0 Å². The lowest BCUT2D eigenvalue weighted by Crippen LogP contribution is -2.12. The maximum absolute atomic E-state index is 2.49. The van der Waals surface area contributed by atoms with Gasteiger partial charge in [0.15, 0.2) is 0 Å². The minimum Gasteiger partial charge on any atom is -0.309 e. The number of hydrogen-bond donors (Lipinski definition) is 0. The van der Waals surface area contributed by atoms with Gasteiger partial charge in [-0.25, -0.2) is 0 Å². The van der Waals surface area contributed by atoms with Gasteiger partial charge in [0.2, 0.25) is 0 Å². The Morgan fingerprint density at radius 1 is 0.341 bits per heavy atom. The summed E-state index contributed by atoms with van der Waals surface area (Å²) in [5.41, 5.74) is 5.92. The molecule has 0 amide bonds. The molecule has 44 heavy (non-hydrogen) atoms. The summed E-state index contributed by atoms with van der Waals surface area (Å²) in [6.07, 6.45) is 0. The Kier molecular flexibility index (Phi) is 5.75. The summed E-state index contributed by atoms with van der Waals surface area (Å²) >= 11 is 1.87. The zero-order valence-corrected chi connectivity index (χ0v) is 24.8. The lowest BCUT2D eigenvalue weighted by atomic mass is 9.96. The molecular weight excluding hydrogens is 551 g/mol. The van der Waals surface area contributed by atoms with E-state index < -0.39 is 0 Å². The van der Waals surface area contributed by atoms with Crippen LogP contribution in [0, 0.1) is 0 Å². The number of para-hydroxylation sites is 1. The van der Waals surface area contributed by atoms with Crippen molar-refractivity contribution in [3.63, 3.8) is 0 Å². The Balaban J connectivity index is 1.36. The molecule has 0 fully saturated rings. The van der Waals surface area contributed by atoms with Crippen molar-refractivity contribution in [1.82, 2.24) is 0 Å². The summed E-state index contributed by atoms with van der Waals surface area (Å²) in [5.74, 6) is 0. The Hall–Kier alpha value is -5.44. The van der Waals surface area contributed by atoms with E-state index in [0.717, 1.165) is 5.69 Å².